The van der Waals surface area contributed by atoms with Gasteiger partial charge in [0, 0.05) is 0 Å². The molecule has 1 rings (SSSR count). The zero-order chi connectivity index (χ0) is 21.9. The molecular weight excluding hydrogens is 833 g/mol. The molecule has 1 aliphatic carbocycles. The second-order valence-electron chi connectivity index (χ2n) is 3.26. The van der Waals surface area contributed by atoms with Crippen LogP contribution in [-0.4, -0.2) is 34.9 Å². The van der Waals surface area contributed by atoms with Gasteiger partial charge in [0.15, 0.2) is 0 Å². The van der Waals surface area contributed by atoms with E-state index in [4.69, 9.17) is 32.3 Å². The van der Waals surface area contributed by atoms with Crippen molar-refractivity contribution in [1.82, 2.24) is 0 Å². The monoisotopic (exact) mass is 880 g/mol. The Labute approximate surface area is 185 Å². The van der Waals surface area contributed by atoms with Gasteiger partial charge in [-0.25, -0.2) is 9.59 Å². The van der Waals surface area contributed by atoms with E-state index in [9.17, 15) is 0 Å². The van der Waals surface area contributed by atoms with Gasteiger partial charge in [0.25, 0.3) is 0 Å². The standard InChI is InChI=1S/C7H13N.C2H2O4.4CH3.H2N.3Pt.9H/c1-6-4-2-3-5-7(6)8;3-1(4)2(5)6;;;;;;;;;;;;;;;;;/h6-8H,1-5H2;(H,3,4)(H,5,6);4*1H3;1H2;;;;;;;;;;;;/q-2;;5*-1;;;;;;;;;;;;/t6-,7-;;;;;;;;;;;;;;;;;;/m0................../s1/i;;;;;;;;;;9*1+1. The molecule has 0 aromatic rings. The fourth-order valence-corrected chi connectivity index (χ4v) is 1.21. The van der Waals surface area contributed by atoms with Gasteiger partial charge in [-0.3, -0.25) is 0 Å². The van der Waals surface area contributed by atoms with Crippen LogP contribution in [0.15, 0.2) is 0 Å². The SMILES string of the molecule is O=C(O)C(=O)O.[2H][Pt]([2H])[2H].[2H][Pt]([2H])[2H].[2H][Pt]([2H])[2H].[CH2-][C@H]1CCCC[C@@H]1[NH-].[CH3-].[CH3-].[CH3-].[CH3-].[NH2-]. The molecule has 2 atom stereocenters. The minimum atomic E-state index is -2.52. The zero-order valence-corrected chi connectivity index (χ0v) is 20.2. The van der Waals surface area contributed by atoms with Crippen LogP contribution in [0.1, 0.15) is 25.7 Å². The van der Waals surface area contributed by atoms with E-state index in [1.807, 2.05) is 0 Å². The van der Waals surface area contributed by atoms with Crippen molar-refractivity contribution >= 4 is 11.9 Å². The van der Waals surface area contributed by atoms with Gasteiger partial charge in [-0.05, 0) is 0 Å². The maximum atomic E-state index is 9.10. The third-order valence-electron chi connectivity index (χ3n) is 2.09. The molecular formula is C13H38N2O4Pt3-7. The Hall–Kier alpha value is 0.925. The summed E-state index contributed by atoms with van der Waals surface area (Å²) in [5.74, 6) is -3.23. The van der Waals surface area contributed by atoms with E-state index in [-0.39, 0.29) is 41.9 Å². The molecule has 0 heterocycles. The van der Waals surface area contributed by atoms with Gasteiger partial charge in [0.05, 0.1) is 0 Å². The topological polar surface area (TPSA) is 132 Å². The Morgan fingerprint density at radius 2 is 1.27 bits per heavy atom. The molecule has 1 aliphatic rings. The molecule has 0 aliphatic heterocycles. The number of rotatable bonds is 0. The number of hydrogen-bond donors (Lipinski definition) is 2. The van der Waals surface area contributed by atoms with Crippen LogP contribution in [0.4, 0.5) is 0 Å². The second kappa shape index (κ2) is 33.5. The molecule has 1 saturated carbocycles. The minimum Gasteiger partial charge on any atom is -0.693 e. The largest absolute Gasteiger partial charge is 0.693 e. The van der Waals surface area contributed by atoms with Gasteiger partial charge in [0.1, 0.15) is 0 Å². The Morgan fingerprint density at radius 1 is 1.00 bits per heavy atom. The van der Waals surface area contributed by atoms with Crippen molar-refractivity contribution in [3.05, 3.63) is 48.5 Å². The van der Waals surface area contributed by atoms with Crippen molar-refractivity contribution in [2.45, 2.75) is 31.7 Å². The summed E-state index contributed by atoms with van der Waals surface area (Å²) in [6, 6.07) is 0.142. The van der Waals surface area contributed by atoms with Gasteiger partial charge in [-0.1, -0.05) is 25.7 Å². The van der Waals surface area contributed by atoms with E-state index in [2.05, 4.69) is 6.92 Å². The molecule has 161 valence electrons. The summed E-state index contributed by atoms with van der Waals surface area (Å²) in [5.41, 5.74) is 7.42. The predicted molar refractivity (Wildman–Crippen MR) is 94.2 cm³/mol. The first-order valence-electron chi connectivity index (χ1n) is 7.30. The molecule has 5 N–H and O–H groups in total. The summed E-state index contributed by atoms with van der Waals surface area (Å²) in [6.07, 6.45) is 4.80. The van der Waals surface area contributed by atoms with Gasteiger partial charge in [-0.15, -0.1) is 0 Å². The summed E-state index contributed by atoms with van der Waals surface area (Å²) < 4.78 is 54.7. The minimum absolute atomic E-state index is 0. The third-order valence-corrected chi connectivity index (χ3v) is 2.09. The number of aliphatic carboxylic acids is 2. The maximum absolute atomic E-state index is 9.10. The molecule has 0 radical (unpaired) electrons. The van der Waals surface area contributed by atoms with Crippen molar-refractivity contribution in [3.8, 4) is 0 Å². The number of nitrogens with one attached hydrogen (secondary N) is 1. The first kappa shape index (κ1) is 21.0. The second-order valence-corrected chi connectivity index (χ2v) is 3.26. The molecule has 6 nitrogen and oxygen atoms in total. The van der Waals surface area contributed by atoms with E-state index in [0.29, 0.717) is 5.92 Å². The Balaban J connectivity index is -0.0000000277. The first-order chi connectivity index (χ1) is 11.6. The number of carbonyl (C=O) groups is 2. The summed E-state index contributed by atoms with van der Waals surface area (Å²) >= 11 is -7.56. The third kappa shape index (κ3) is 32.8. The molecule has 0 spiro atoms. The number of hydrogen-bond acceptors (Lipinski definition) is 2. The van der Waals surface area contributed by atoms with Crippen LogP contribution >= 0.6 is 0 Å². The Kier molecular flexibility index (Phi) is 31.9. The van der Waals surface area contributed by atoms with Crippen molar-refractivity contribution in [2.75, 3.05) is 0 Å². The predicted octanol–water partition coefficient (Wildman–Crippen LogP) is 1.69. The van der Waals surface area contributed by atoms with Crippen LogP contribution in [0, 0.1) is 42.5 Å². The van der Waals surface area contributed by atoms with Gasteiger partial charge >= 0.3 is 80.3 Å². The summed E-state index contributed by atoms with van der Waals surface area (Å²) in [6.45, 7) is 3.89. The van der Waals surface area contributed by atoms with E-state index in [1.54, 1.807) is 0 Å². The van der Waals surface area contributed by atoms with Crippen LogP contribution < -0.4 is 0 Å². The molecule has 0 bridgehead atoms. The van der Waals surface area contributed by atoms with Crippen LogP contribution in [0.25, 0.3) is 11.9 Å². The van der Waals surface area contributed by atoms with Crippen molar-refractivity contribution in [2.24, 2.45) is 5.92 Å². The summed E-state index contributed by atoms with van der Waals surface area (Å²) in [7, 11) is 0. The normalized spacial score (nSPS) is 23.0. The fraction of sp³-hybridized carbons (Fsp3) is 0.462. The van der Waals surface area contributed by atoms with E-state index < -0.39 is 73.6 Å². The van der Waals surface area contributed by atoms with Crippen molar-refractivity contribution in [1.29, 1.82) is 6.75 Å². The zero-order valence-electron chi connectivity index (χ0n) is 22.4. The molecule has 9 heteroatoms. The smallest absolute Gasteiger partial charge is 0.0549 e. The van der Waals surface area contributed by atoms with Crippen molar-refractivity contribution < 1.29 is 81.5 Å². The summed E-state index contributed by atoms with van der Waals surface area (Å²) in [4.78, 5) is 18.2. The van der Waals surface area contributed by atoms with Gasteiger partial charge in [0.2, 0.25) is 0 Å². The first-order valence-corrected chi connectivity index (χ1v) is 4.45. The molecule has 0 amide bonds. The van der Waals surface area contributed by atoms with Crippen molar-refractivity contribution in [3.63, 3.8) is 0 Å². The molecule has 0 aromatic carbocycles. The van der Waals surface area contributed by atoms with Crippen LogP contribution in [0.5, 0.6) is 0 Å². The Morgan fingerprint density at radius 3 is 1.41 bits per heavy atom. The average molecular weight is 881 g/mol. The van der Waals surface area contributed by atoms with Crippen LogP contribution in [-0.2, 0) is 71.2 Å². The van der Waals surface area contributed by atoms with Crippen LogP contribution in [0.3, 0.4) is 0 Å². The quantitative estimate of drug-likeness (QED) is 0.284. The van der Waals surface area contributed by atoms with Gasteiger partial charge < -0.3 is 58.7 Å². The maximum Gasteiger partial charge on any atom is -0.0549 e. The average Bonchev–Trinajstić information content (AvgIpc) is 2.41. The molecule has 1 fully saturated rings. The molecule has 0 saturated heterocycles. The molecule has 22 heavy (non-hydrogen) atoms. The van der Waals surface area contributed by atoms with Gasteiger partial charge in [-0.2, -0.15) is 12.0 Å². The van der Waals surface area contributed by atoms with E-state index in [0.717, 1.165) is 6.42 Å². The van der Waals surface area contributed by atoms with Crippen LogP contribution in [0.2, 0.25) is 0 Å². The Bertz CT molecular complexity index is 311. The molecule has 0 aromatic heterocycles. The fourth-order valence-electron chi connectivity index (χ4n) is 1.21. The van der Waals surface area contributed by atoms with E-state index >= 15 is 0 Å². The number of nitrogens with two attached hydrogens (primary N) is 1. The van der Waals surface area contributed by atoms with E-state index in [1.165, 1.54) is 19.3 Å². The summed E-state index contributed by atoms with van der Waals surface area (Å²) in [5, 5.41) is 14.8. The number of carboxylic acid groups (broad SMARTS) is 2. The molecule has 0 unspecified atom stereocenters. The number of carboxylic acids is 2.